The molecule has 11 heteroatoms. The van der Waals surface area contributed by atoms with Gasteiger partial charge in [0.2, 0.25) is 0 Å². The number of hydrogen-bond donors (Lipinski definition) is 5. The SMILES string of the molecule is COc1cc(C(=N)N)ccc1NCc1nc2c(C)c(OC(=O)N(CCC(=O)O)c3ccccc3)ccc2[nH]1. The zero-order valence-corrected chi connectivity index (χ0v) is 20.9. The fourth-order valence-corrected chi connectivity index (χ4v) is 3.91. The molecule has 4 aromatic rings. The van der Waals surface area contributed by atoms with Gasteiger partial charge in [0.15, 0.2) is 0 Å². The molecule has 3 aromatic carbocycles. The molecule has 0 fully saturated rings. The lowest BCUT2D eigenvalue weighted by atomic mass is 10.1. The molecule has 1 amide bonds. The molecule has 38 heavy (non-hydrogen) atoms. The molecule has 6 N–H and O–H groups in total. The van der Waals surface area contributed by atoms with Crippen LogP contribution in [0.1, 0.15) is 23.4 Å². The van der Waals surface area contributed by atoms with E-state index in [1.165, 1.54) is 4.90 Å². The number of aryl methyl sites for hydroxylation is 1. The number of benzene rings is 3. The number of carbonyl (C=O) groups is 2. The number of aromatic amines is 1. The fraction of sp³-hybridized carbons (Fsp3) is 0.185. The number of aromatic nitrogens is 2. The lowest BCUT2D eigenvalue weighted by molar-refractivity contribution is -0.136. The van der Waals surface area contributed by atoms with Crippen molar-refractivity contribution < 1.29 is 24.2 Å². The van der Waals surface area contributed by atoms with Crippen LogP contribution in [-0.4, -0.2) is 46.6 Å². The van der Waals surface area contributed by atoms with Gasteiger partial charge in [0, 0.05) is 23.4 Å². The van der Waals surface area contributed by atoms with E-state index in [2.05, 4.69) is 15.3 Å². The zero-order chi connectivity index (χ0) is 27.2. The van der Waals surface area contributed by atoms with Crippen LogP contribution in [-0.2, 0) is 11.3 Å². The van der Waals surface area contributed by atoms with Crippen molar-refractivity contribution in [2.75, 3.05) is 23.9 Å². The van der Waals surface area contributed by atoms with Crippen LogP contribution in [0.4, 0.5) is 16.2 Å². The van der Waals surface area contributed by atoms with Crippen LogP contribution < -0.4 is 25.4 Å². The van der Waals surface area contributed by atoms with Crippen molar-refractivity contribution in [3.05, 3.63) is 77.6 Å². The van der Waals surface area contributed by atoms with Crippen molar-refractivity contribution in [3.63, 3.8) is 0 Å². The number of nitrogens with zero attached hydrogens (tertiary/aromatic N) is 2. The number of nitrogens with two attached hydrogens (primary N) is 1. The summed E-state index contributed by atoms with van der Waals surface area (Å²) in [6, 6.07) is 17.4. The summed E-state index contributed by atoms with van der Waals surface area (Å²) in [6.07, 6.45) is -0.904. The Kier molecular flexibility index (Phi) is 7.76. The third kappa shape index (κ3) is 5.84. The number of amides is 1. The van der Waals surface area contributed by atoms with E-state index in [-0.39, 0.29) is 18.8 Å². The predicted molar refractivity (Wildman–Crippen MR) is 144 cm³/mol. The third-order valence-corrected chi connectivity index (χ3v) is 5.90. The van der Waals surface area contributed by atoms with Gasteiger partial charge >= 0.3 is 12.1 Å². The van der Waals surface area contributed by atoms with Crippen LogP contribution >= 0.6 is 0 Å². The van der Waals surface area contributed by atoms with Gasteiger partial charge in [-0.15, -0.1) is 0 Å². The van der Waals surface area contributed by atoms with Gasteiger partial charge < -0.3 is 30.6 Å². The number of carboxylic acids is 1. The first-order valence-electron chi connectivity index (χ1n) is 11.8. The number of para-hydroxylation sites is 1. The van der Waals surface area contributed by atoms with Crippen LogP contribution in [0.25, 0.3) is 11.0 Å². The molecule has 4 rings (SSSR count). The minimum absolute atomic E-state index is 0.0332. The Morgan fingerprint density at radius 3 is 2.58 bits per heavy atom. The quantitative estimate of drug-likeness (QED) is 0.154. The maximum Gasteiger partial charge on any atom is 0.419 e. The number of fused-ring (bicyclic) bond motifs is 1. The van der Waals surface area contributed by atoms with E-state index in [1.54, 1.807) is 68.6 Å². The first-order chi connectivity index (χ1) is 18.3. The van der Waals surface area contributed by atoms with Crippen LogP contribution in [0.15, 0.2) is 60.7 Å². The number of carboxylic acid groups (broad SMARTS) is 1. The first kappa shape index (κ1) is 26.0. The molecule has 0 bridgehead atoms. The minimum Gasteiger partial charge on any atom is -0.495 e. The molecular formula is C27H28N6O5. The average molecular weight is 517 g/mol. The molecule has 11 nitrogen and oxygen atoms in total. The number of imidazole rings is 1. The number of methoxy groups -OCH3 is 1. The normalized spacial score (nSPS) is 10.7. The van der Waals surface area contributed by atoms with Crippen molar-refractivity contribution in [2.45, 2.75) is 19.9 Å². The summed E-state index contributed by atoms with van der Waals surface area (Å²) < 4.78 is 11.1. The molecule has 0 aliphatic heterocycles. The molecule has 0 saturated heterocycles. The number of rotatable bonds is 10. The smallest absolute Gasteiger partial charge is 0.419 e. The Balaban J connectivity index is 1.52. The summed E-state index contributed by atoms with van der Waals surface area (Å²) in [5.41, 5.74) is 9.44. The van der Waals surface area contributed by atoms with Gasteiger partial charge in [-0.1, -0.05) is 18.2 Å². The van der Waals surface area contributed by atoms with Crippen LogP contribution in [0, 0.1) is 12.3 Å². The maximum absolute atomic E-state index is 13.0. The molecule has 1 aromatic heterocycles. The molecule has 0 aliphatic carbocycles. The Morgan fingerprint density at radius 1 is 1.13 bits per heavy atom. The Labute approximate surface area is 218 Å². The summed E-state index contributed by atoms with van der Waals surface area (Å²) in [5, 5.41) is 20.0. The highest BCUT2D eigenvalue weighted by atomic mass is 16.6. The first-order valence-corrected chi connectivity index (χ1v) is 11.8. The second-order valence-corrected chi connectivity index (χ2v) is 8.45. The van der Waals surface area contributed by atoms with E-state index in [4.69, 9.17) is 25.7 Å². The van der Waals surface area contributed by atoms with Crippen LogP contribution in [0.3, 0.4) is 0 Å². The summed E-state index contributed by atoms with van der Waals surface area (Å²) in [4.78, 5) is 33.4. The number of carbonyl (C=O) groups excluding carboxylic acids is 1. The van der Waals surface area contributed by atoms with Crippen molar-refractivity contribution in [2.24, 2.45) is 5.73 Å². The number of amidine groups is 1. The van der Waals surface area contributed by atoms with E-state index in [9.17, 15) is 9.59 Å². The van der Waals surface area contributed by atoms with Crippen molar-refractivity contribution in [1.29, 1.82) is 5.41 Å². The molecule has 196 valence electrons. The minimum atomic E-state index is -1.01. The molecular weight excluding hydrogens is 488 g/mol. The largest absolute Gasteiger partial charge is 0.495 e. The molecule has 0 atom stereocenters. The van der Waals surface area contributed by atoms with Gasteiger partial charge in [-0.2, -0.15) is 0 Å². The third-order valence-electron chi connectivity index (χ3n) is 5.90. The highest BCUT2D eigenvalue weighted by Crippen LogP contribution is 2.29. The van der Waals surface area contributed by atoms with E-state index >= 15 is 0 Å². The monoisotopic (exact) mass is 516 g/mol. The van der Waals surface area contributed by atoms with Gasteiger partial charge in [0.05, 0.1) is 36.8 Å². The number of nitrogen functional groups attached to an aromatic ring is 1. The topological polar surface area (TPSA) is 167 Å². The molecule has 0 radical (unpaired) electrons. The maximum atomic E-state index is 13.0. The van der Waals surface area contributed by atoms with Crippen molar-refractivity contribution in [3.8, 4) is 11.5 Å². The lowest BCUT2D eigenvalue weighted by Gasteiger charge is -2.22. The van der Waals surface area contributed by atoms with E-state index < -0.39 is 12.1 Å². The molecule has 1 heterocycles. The van der Waals surface area contributed by atoms with E-state index in [0.29, 0.717) is 51.9 Å². The molecule has 0 aliphatic rings. The van der Waals surface area contributed by atoms with E-state index in [1.807, 2.05) is 6.07 Å². The number of H-pyrrole nitrogens is 1. The lowest BCUT2D eigenvalue weighted by Crippen LogP contribution is -2.35. The highest BCUT2D eigenvalue weighted by molar-refractivity contribution is 5.96. The van der Waals surface area contributed by atoms with Crippen LogP contribution in [0.2, 0.25) is 0 Å². The summed E-state index contributed by atoms with van der Waals surface area (Å²) in [6.45, 7) is 2.13. The standard InChI is InChI=1S/C27H28N6O5/c1-16-21(38-27(36)33(13-12-24(34)35)18-6-4-3-5-7-18)11-10-20-25(16)32-23(31-20)15-30-19-9-8-17(26(28)29)14-22(19)37-2/h3-11,14,30H,12-13,15H2,1-2H3,(H3,28,29)(H,31,32)(H,34,35). The number of anilines is 2. The van der Waals surface area contributed by atoms with E-state index in [0.717, 1.165) is 5.52 Å². The summed E-state index contributed by atoms with van der Waals surface area (Å²) in [7, 11) is 1.54. The van der Waals surface area contributed by atoms with Gasteiger partial charge in [0.25, 0.3) is 0 Å². The second kappa shape index (κ2) is 11.3. The number of aliphatic carboxylic acids is 1. The van der Waals surface area contributed by atoms with Gasteiger partial charge in [-0.25, -0.2) is 9.78 Å². The highest BCUT2D eigenvalue weighted by Gasteiger charge is 2.21. The van der Waals surface area contributed by atoms with Gasteiger partial charge in [-0.3, -0.25) is 15.1 Å². The van der Waals surface area contributed by atoms with Crippen molar-refractivity contribution in [1.82, 2.24) is 9.97 Å². The zero-order valence-electron chi connectivity index (χ0n) is 20.9. The van der Waals surface area contributed by atoms with Gasteiger partial charge in [-0.05, 0) is 49.4 Å². The molecule has 0 spiro atoms. The molecule has 0 saturated carbocycles. The Bertz CT molecular complexity index is 1480. The van der Waals surface area contributed by atoms with Crippen LogP contribution in [0.5, 0.6) is 11.5 Å². The number of ether oxygens (including phenoxy) is 2. The summed E-state index contributed by atoms with van der Waals surface area (Å²) >= 11 is 0. The predicted octanol–water partition coefficient (Wildman–Crippen LogP) is 4.26. The van der Waals surface area contributed by atoms with Gasteiger partial charge in [0.1, 0.15) is 23.2 Å². The number of hydrogen-bond acceptors (Lipinski definition) is 7. The van der Waals surface area contributed by atoms with Crippen molar-refractivity contribution >= 4 is 40.3 Å². The Hall–Kier alpha value is -5.06. The second-order valence-electron chi connectivity index (χ2n) is 8.45. The number of nitrogens with one attached hydrogen (secondary N) is 3. The summed E-state index contributed by atoms with van der Waals surface area (Å²) in [5.74, 6) is 0.460. The molecule has 0 unspecified atom stereocenters. The fourth-order valence-electron chi connectivity index (χ4n) is 3.91. The average Bonchev–Trinajstić information content (AvgIpc) is 3.33. The Morgan fingerprint density at radius 2 is 1.89 bits per heavy atom.